The van der Waals surface area contributed by atoms with Crippen LogP contribution in [0.5, 0.6) is 0 Å². The topological polar surface area (TPSA) is 38.9 Å². The highest BCUT2D eigenvalue weighted by Gasteiger charge is 2.03. The van der Waals surface area contributed by atoms with E-state index in [2.05, 4.69) is 9.97 Å². The average molecular weight is 196 g/mol. The zero-order valence-electron chi connectivity index (χ0n) is 7.92. The minimum Gasteiger partial charge on any atom is -0.472 e. The number of rotatable bonds is 1. The van der Waals surface area contributed by atoms with E-state index in [-0.39, 0.29) is 0 Å². The summed E-state index contributed by atoms with van der Waals surface area (Å²) in [6.07, 6.45) is 5.09. The number of benzene rings is 1. The Hall–Kier alpha value is -2.16. The maximum atomic E-state index is 5.00. The minimum absolute atomic E-state index is 0.697. The standard InChI is InChI=1S/C12H8N2O/c1-2-4-11-9(3-1)7-13-12(14-11)10-5-6-15-8-10/h1-8H. The van der Waals surface area contributed by atoms with Crippen molar-refractivity contribution in [1.82, 2.24) is 9.97 Å². The van der Waals surface area contributed by atoms with Crippen LogP contribution in [0.2, 0.25) is 0 Å². The van der Waals surface area contributed by atoms with E-state index in [1.807, 2.05) is 36.5 Å². The van der Waals surface area contributed by atoms with Crippen LogP contribution in [-0.2, 0) is 0 Å². The Morgan fingerprint density at radius 2 is 2.00 bits per heavy atom. The first kappa shape index (κ1) is 8.17. The van der Waals surface area contributed by atoms with Crippen LogP contribution in [0.25, 0.3) is 22.3 Å². The predicted molar refractivity (Wildman–Crippen MR) is 57.2 cm³/mol. The Kier molecular flexibility index (Phi) is 1.75. The molecule has 0 unspecified atom stereocenters. The molecule has 2 aromatic heterocycles. The third-order valence-corrected chi connectivity index (χ3v) is 2.27. The van der Waals surface area contributed by atoms with Crippen LogP contribution < -0.4 is 0 Å². The van der Waals surface area contributed by atoms with Crippen molar-refractivity contribution in [2.24, 2.45) is 0 Å². The molecule has 0 N–H and O–H groups in total. The summed E-state index contributed by atoms with van der Waals surface area (Å²) in [6, 6.07) is 9.76. The molecule has 3 nitrogen and oxygen atoms in total. The number of nitrogens with zero attached hydrogens (tertiary/aromatic N) is 2. The first-order valence-electron chi connectivity index (χ1n) is 4.68. The Morgan fingerprint density at radius 3 is 2.87 bits per heavy atom. The summed E-state index contributed by atoms with van der Waals surface area (Å²) < 4.78 is 5.00. The second kappa shape index (κ2) is 3.20. The number of furan rings is 1. The molecule has 15 heavy (non-hydrogen) atoms. The van der Waals surface area contributed by atoms with E-state index in [1.54, 1.807) is 12.5 Å². The second-order valence-corrected chi connectivity index (χ2v) is 3.26. The van der Waals surface area contributed by atoms with Gasteiger partial charge >= 0.3 is 0 Å². The average Bonchev–Trinajstić information content (AvgIpc) is 2.82. The lowest BCUT2D eigenvalue weighted by Crippen LogP contribution is -1.87. The molecule has 3 rings (SSSR count). The fraction of sp³-hybridized carbons (Fsp3) is 0. The highest BCUT2D eigenvalue weighted by atomic mass is 16.3. The van der Waals surface area contributed by atoms with Gasteiger partial charge in [-0.25, -0.2) is 9.97 Å². The van der Waals surface area contributed by atoms with Gasteiger partial charge in [-0.15, -0.1) is 0 Å². The number of hydrogen-bond donors (Lipinski definition) is 0. The number of para-hydroxylation sites is 1. The van der Waals surface area contributed by atoms with Crippen LogP contribution in [-0.4, -0.2) is 9.97 Å². The summed E-state index contributed by atoms with van der Waals surface area (Å²) >= 11 is 0. The van der Waals surface area contributed by atoms with Crippen molar-refractivity contribution in [1.29, 1.82) is 0 Å². The van der Waals surface area contributed by atoms with Crippen LogP contribution in [0.15, 0.2) is 53.5 Å². The maximum absolute atomic E-state index is 5.00. The zero-order chi connectivity index (χ0) is 10.1. The van der Waals surface area contributed by atoms with Gasteiger partial charge in [0, 0.05) is 11.6 Å². The van der Waals surface area contributed by atoms with Crippen molar-refractivity contribution >= 4 is 10.9 Å². The smallest absolute Gasteiger partial charge is 0.163 e. The molecule has 0 aliphatic carbocycles. The van der Waals surface area contributed by atoms with E-state index in [9.17, 15) is 0 Å². The molecule has 72 valence electrons. The lowest BCUT2D eigenvalue weighted by molar-refractivity contribution is 0.568. The van der Waals surface area contributed by atoms with Crippen molar-refractivity contribution < 1.29 is 4.42 Å². The first-order chi connectivity index (χ1) is 7.43. The van der Waals surface area contributed by atoms with Crippen LogP contribution in [0, 0.1) is 0 Å². The van der Waals surface area contributed by atoms with Crippen molar-refractivity contribution in [3.63, 3.8) is 0 Å². The largest absolute Gasteiger partial charge is 0.472 e. The van der Waals surface area contributed by atoms with E-state index >= 15 is 0 Å². The summed E-state index contributed by atoms with van der Waals surface area (Å²) in [6.45, 7) is 0. The molecule has 0 aliphatic heterocycles. The molecular weight excluding hydrogens is 188 g/mol. The fourth-order valence-corrected chi connectivity index (χ4v) is 1.50. The highest BCUT2D eigenvalue weighted by molar-refractivity contribution is 5.79. The summed E-state index contributed by atoms with van der Waals surface area (Å²) in [5, 5.41) is 1.05. The van der Waals surface area contributed by atoms with Gasteiger partial charge in [-0.2, -0.15) is 0 Å². The highest BCUT2D eigenvalue weighted by Crippen LogP contribution is 2.18. The Balaban J connectivity index is 2.22. The SMILES string of the molecule is c1ccc2nc(-c3ccoc3)ncc2c1. The Morgan fingerprint density at radius 1 is 1.07 bits per heavy atom. The molecule has 1 aromatic carbocycles. The number of aromatic nitrogens is 2. The molecule has 0 fully saturated rings. The van der Waals surface area contributed by atoms with Gasteiger partial charge in [-0.1, -0.05) is 18.2 Å². The van der Waals surface area contributed by atoms with Crippen molar-refractivity contribution in [2.75, 3.05) is 0 Å². The number of hydrogen-bond acceptors (Lipinski definition) is 3. The predicted octanol–water partition coefficient (Wildman–Crippen LogP) is 2.89. The normalized spacial score (nSPS) is 10.7. The molecule has 0 aliphatic rings. The van der Waals surface area contributed by atoms with E-state index in [4.69, 9.17) is 4.42 Å². The van der Waals surface area contributed by atoms with Crippen LogP contribution in [0.3, 0.4) is 0 Å². The molecule has 0 bridgehead atoms. The minimum atomic E-state index is 0.697. The third-order valence-electron chi connectivity index (χ3n) is 2.27. The van der Waals surface area contributed by atoms with Crippen LogP contribution >= 0.6 is 0 Å². The van der Waals surface area contributed by atoms with Crippen LogP contribution in [0.1, 0.15) is 0 Å². The molecule has 0 atom stereocenters. The van der Waals surface area contributed by atoms with Gasteiger partial charge < -0.3 is 4.42 Å². The van der Waals surface area contributed by atoms with E-state index in [1.165, 1.54) is 0 Å². The quantitative estimate of drug-likeness (QED) is 0.600. The summed E-state index contributed by atoms with van der Waals surface area (Å²) in [7, 11) is 0. The van der Waals surface area contributed by atoms with Crippen molar-refractivity contribution in [3.8, 4) is 11.4 Å². The molecule has 0 spiro atoms. The molecule has 3 heteroatoms. The summed E-state index contributed by atoms with van der Waals surface area (Å²) in [5.74, 6) is 0.697. The molecule has 0 saturated heterocycles. The fourth-order valence-electron chi connectivity index (χ4n) is 1.50. The van der Waals surface area contributed by atoms with Gasteiger partial charge in [0.2, 0.25) is 0 Å². The number of fused-ring (bicyclic) bond motifs is 1. The third kappa shape index (κ3) is 1.38. The van der Waals surface area contributed by atoms with Crippen molar-refractivity contribution in [3.05, 3.63) is 49.1 Å². The van der Waals surface area contributed by atoms with E-state index in [0.717, 1.165) is 16.5 Å². The lowest BCUT2D eigenvalue weighted by Gasteiger charge is -1.98. The summed E-state index contributed by atoms with van der Waals surface area (Å²) in [5.41, 5.74) is 1.85. The van der Waals surface area contributed by atoms with Gasteiger partial charge in [0.1, 0.15) is 6.26 Å². The molecular formula is C12H8N2O. The lowest BCUT2D eigenvalue weighted by atomic mass is 10.2. The zero-order valence-corrected chi connectivity index (χ0v) is 7.92. The Labute approximate surface area is 86.4 Å². The monoisotopic (exact) mass is 196 g/mol. The van der Waals surface area contributed by atoms with Gasteiger partial charge in [0.25, 0.3) is 0 Å². The molecule has 2 heterocycles. The summed E-state index contributed by atoms with van der Waals surface area (Å²) in [4.78, 5) is 8.72. The van der Waals surface area contributed by atoms with Crippen molar-refractivity contribution in [2.45, 2.75) is 0 Å². The molecule has 0 saturated carbocycles. The second-order valence-electron chi connectivity index (χ2n) is 3.26. The van der Waals surface area contributed by atoms with E-state index in [0.29, 0.717) is 5.82 Å². The molecule has 0 radical (unpaired) electrons. The molecule has 0 amide bonds. The molecule has 3 aromatic rings. The maximum Gasteiger partial charge on any atom is 0.163 e. The van der Waals surface area contributed by atoms with Gasteiger partial charge in [-0.3, -0.25) is 0 Å². The van der Waals surface area contributed by atoms with Gasteiger partial charge in [0.05, 0.1) is 17.3 Å². The first-order valence-corrected chi connectivity index (χ1v) is 4.68. The van der Waals surface area contributed by atoms with E-state index < -0.39 is 0 Å². The van der Waals surface area contributed by atoms with Gasteiger partial charge in [0.15, 0.2) is 5.82 Å². The Bertz CT molecular complexity index is 587. The van der Waals surface area contributed by atoms with Gasteiger partial charge in [-0.05, 0) is 12.1 Å². The van der Waals surface area contributed by atoms with Crippen LogP contribution in [0.4, 0.5) is 0 Å².